The zero-order chi connectivity index (χ0) is 25.3. The van der Waals surface area contributed by atoms with Crippen LogP contribution < -0.4 is 10.6 Å². The van der Waals surface area contributed by atoms with Crippen molar-refractivity contribution in [1.82, 2.24) is 14.8 Å². The highest BCUT2D eigenvalue weighted by Crippen LogP contribution is 2.39. The van der Waals surface area contributed by atoms with E-state index < -0.39 is 5.92 Å². The number of nitrogens with one attached hydrogen (secondary N) is 2. The van der Waals surface area contributed by atoms with E-state index in [0.29, 0.717) is 22.1 Å². The molecule has 1 aromatic carbocycles. The topological polar surface area (TPSA) is 106 Å². The average molecular weight is 494 g/mol. The van der Waals surface area contributed by atoms with Crippen molar-refractivity contribution in [2.75, 3.05) is 10.6 Å². The van der Waals surface area contributed by atoms with Gasteiger partial charge in [-0.3, -0.25) is 19.1 Å². The number of halogens is 1. The van der Waals surface area contributed by atoms with Crippen molar-refractivity contribution in [3.8, 4) is 11.1 Å². The smallest absolute Gasteiger partial charge is 0.232 e. The molecule has 0 fully saturated rings. The third-order valence-corrected chi connectivity index (χ3v) is 6.34. The molecule has 8 nitrogen and oxygen atoms in total. The number of aromatic nitrogens is 3. The van der Waals surface area contributed by atoms with Gasteiger partial charge in [0.05, 0.1) is 23.6 Å². The van der Waals surface area contributed by atoms with Crippen LogP contribution in [0.1, 0.15) is 51.3 Å². The van der Waals surface area contributed by atoms with E-state index in [1.54, 1.807) is 31.2 Å². The predicted molar refractivity (Wildman–Crippen MR) is 135 cm³/mol. The lowest BCUT2D eigenvalue weighted by molar-refractivity contribution is -0.124. The summed E-state index contributed by atoms with van der Waals surface area (Å²) >= 11 is 6.48. The minimum absolute atomic E-state index is 0.129. The number of benzene rings is 1. The first-order valence-electron chi connectivity index (χ1n) is 11.4. The van der Waals surface area contributed by atoms with E-state index in [2.05, 4.69) is 34.6 Å². The molecule has 2 aromatic heterocycles. The van der Waals surface area contributed by atoms with Crippen LogP contribution in [0, 0.1) is 5.41 Å². The SMILES string of the molecule is CC(=O)CC(=O)Nc1cccc(C(C)C(=O)Nc2cc(-c3cnn4c3CC(C)(C)C4)c(Cl)cn2)c1. The van der Waals surface area contributed by atoms with E-state index in [4.69, 9.17) is 11.6 Å². The summed E-state index contributed by atoms with van der Waals surface area (Å²) in [6, 6.07) is 8.77. The zero-order valence-electron chi connectivity index (χ0n) is 20.2. The molecule has 1 unspecified atom stereocenters. The third kappa shape index (κ3) is 5.59. The van der Waals surface area contributed by atoms with Crippen molar-refractivity contribution in [3.63, 3.8) is 0 Å². The molecule has 1 atom stereocenters. The molecule has 0 aliphatic carbocycles. The molecule has 0 spiro atoms. The van der Waals surface area contributed by atoms with Crippen molar-refractivity contribution in [2.24, 2.45) is 5.41 Å². The fraction of sp³-hybridized carbons (Fsp3) is 0.346. The van der Waals surface area contributed by atoms with Gasteiger partial charge < -0.3 is 10.6 Å². The lowest BCUT2D eigenvalue weighted by atomic mass is 9.89. The van der Waals surface area contributed by atoms with Crippen LogP contribution in [0.5, 0.6) is 0 Å². The maximum Gasteiger partial charge on any atom is 0.232 e. The van der Waals surface area contributed by atoms with Gasteiger partial charge in [-0.25, -0.2) is 4.98 Å². The van der Waals surface area contributed by atoms with Crippen LogP contribution in [0.25, 0.3) is 11.1 Å². The number of amides is 2. The Morgan fingerprint density at radius 3 is 2.66 bits per heavy atom. The Morgan fingerprint density at radius 1 is 1.14 bits per heavy atom. The van der Waals surface area contributed by atoms with Crippen molar-refractivity contribution in [3.05, 3.63) is 59.0 Å². The number of Topliss-reactive ketones (excluding diaryl/α,β-unsaturated/α-hetero) is 1. The van der Waals surface area contributed by atoms with Gasteiger partial charge in [-0.05, 0) is 49.4 Å². The second-order valence-corrected chi connectivity index (χ2v) is 10.2. The second kappa shape index (κ2) is 9.62. The Labute approximate surface area is 209 Å². The summed E-state index contributed by atoms with van der Waals surface area (Å²) in [6.45, 7) is 8.39. The number of nitrogens with zero attached hydrogens (tertiary/aromatic N) is 3. The highest BCUT2D eigenvalue weighted by Gasteiger charge is 2.32. The van der Waals surface area contributed by atoms with Crippen LogP contribution in [0.3, 0.4) is 0 Å². The number of carbonyl (C=O) groups is 3. The van der Waals surface area contributed by atoms with Gasteiger partial charge in [0, 0.05) is 35.2 Å². The second-order valence-electron chi connectivity index (χ2n) is 9.82. The number of anilines is 2. The molecule has 3 heterocycles. The number of rotatable bonds is 7. The maximum absolute atomic E-state index is 13.0. The van der Waals surface area contributed by atoms with E-state index in [1.165, 1.54) is 13.1 Å². The summed E-state index contributed by atoms with van der Waals surface area (Å²) in [4.78, 5) is 40.4. The number of ketones is 1. The van der Waals surface area contributed by atoms with Crippen molar-refractivity contribution >= 4 is 40.7 Å². The molecule has 35 heavy (non-hydrogen) atoms. The molecule has 0 saturated heterocycles. The Bertz CT molecular complexity index is 1310. The van der Waals surface area contributed by atoms with Crippen LogP contribution >= 0.6 is 11.6 Å². The van der Waals surface area contributed by atoms with Crippen molar-refractivity contribution < 1.29 is 14.4 Å². The monoisotopic (exact) mass is 493 g/mol. The number of pyridine rings is 1. The quantitative estimate of drug-likeness (QED) is 0.458. The molecule has 0 saturated carbocycles. The van der Waals surface area contributed by atoms with Gasteiger partial charge in [-0.2, -0.15) is 5.10 Å². The highest BCUT2D eigenvalue weighted by atomic mass is 35.5. The summed E-state index contributed by atoms with van der Waals surface area (Å²) < 4.78 is 2.01. The average Bonchev–Trinajstić information content (AvgIpc) is 3.29. The first-order chi connectivity index (χ1) is 16.5. The fourth-order valence-corrected chi connectivity index (χ4v) is 4.49. The number of carbonyl (C=O) groups excluding carboxylic acids is 3. The molecular formula is C26H28ClN5O3. The molecule has 1 aliphatic heterocycles. The minimum atomic E-state index is -0.512. The van der Waals surface area contributed by atoms with Gasteiger partial charge in [0.25, 0.3) is 0 Å². The largest absolute Gasteiger partial charge is 0.326 e. The maximum atomic E-state index is 13.0. The Kier molecular flexibility index (Phi) is 6.76. The van der Waals surface area contributed by atoms with Crippen LogP contribution in [-0.4, -0.2) is 32.4 Å². The molecule has 3 aromatic rings. The van der Waals surface area contributed by atoms with Crippen LogP contribution in [0.15, 0.2) is 42.7 Å². The molecule has 1 aliphatic rings. The summed E-state index contributed by atoms with van der Waals surface area (Å²) in [7, 11) is 0. The zero-order valence-corrected chi connectivity index (χ0v) is 20.9. The predicted octanol–water partition coefficient (Wildman–Crippen LogP) is 4.84. The van der Waals surface area contributed by atoms with Crippen LogP contribution in [0.4, 0.5) is 11.5 Å². The molecule has 2 amide bonds. The summed E-state index contributed by atoms with van der Waals surface area (Å²) in [5, 5.41) is 10.6. The highest BCUT2D eigenvalue weighted by molar-refractivity contribution is 6.33. The third-order valence-electron chi connectivity index (χ3n) is 6.04. The van der Waals surface area contributed by atoms with Gasteiger partial charge in [0.15, 0.2) is 0 Å². The molecule has 0 bridgehead atoms. The number of hydrogen-bond acceptors (Lipinski definition) is 5. The van der Waals surface area contributed by atoms with E-state index in [-0.39, 0.29) is 29.4 Å². The molecule has 182 valence electrons. The van der Waals surface area contributed by atoms with Gasteiger partial charge in [0.1, 0.15) is 11.6 Å². The molecular weight excluding hydrogens is 466 g/mol. The molecule has 9 heteroatoms. The number of hydrogen-bond donors (Lipinski definition) is 2. The van der Waals surface area contributed by atoms with Crippen LogP contribution in [0.2, 0.25) is 5.02 Å². The van der Waals surface area contributed by atoms with Gasteiger partial charge in [0.2, 0.25) is 11.8 Å². The van der Waals surface area contributed by atoms with Gasteiger partial charge in [-0.15, -0.1) is 0 Å². The minimum Gasteiger partial charge on any atom is -0.326 e. The van der Waals surface area contributed by atoms with E-state index in [9.17, 15) is 14.4 Å². The van der Waals surface area contributed by atoms with Crippen molar-refractivity contribution in [1.29, 1.82) is 0 Å². The molecule has 2 N–H and O–H groups in total. The van der Waals surface area contributed by atoms with E-state index in [0.717, 1.165) is 29.8 Å². The van der Waals surface area contributed by atoms with Gasteiger partial charge in [-0.1, -0.05) is 37.6 Å². The van der Waals surface area contributed by atoms with E-state index >= 15 is 0 Å². The Balaban J connectivity index is 1.50. The van der Waals surface area contributed by atoms with E-state index in [1.807, 2.05) is 16.9 Å². The Hall–Kier alpha value is -3.52. The fourth-order valence-electron chi connectivity index (χ4n) is 4.29. The van der Waals surface area contributed by atoms with Crippen LogP contribution in [-0.2, 0) is 27.3 Å². The Morgan fingerprint density at radius 2 is 1.91 bits per heavy atom. The lowest BCUT2D eigenvalue weighted by Gasteiger charge is -2.15. The van der Waals surface area contributed by atoms with Gasteiger partial charge >= 0.3 is 0 Å². The first-order valence-corrected chi connectivity index (χ1v) is 11.8. The normalized spacial score (nSPS) is 14.8. The molecule has 4 rings (SSSR count). The standard InChI is InChI=1S/C26H28ClN5O3/c1-15(33)8-24(34)30-18-7-5-6-17(9-18)16(2)25(35)31-23-10-19(21(27)13-28-23)20-12-29-32-14-26(3,4)11-22(20)32/h5-7,9-10,12-13,16H,8,11,14H2,1-4H3,(H,30,34)(H,28,31,35). The summed E-state index contributed by atoms with van der Waals surface area (Å²) in [5.74, 6) is -0.976. The first kappa shape index (κ1) is 24.6. The van der Waals surface area contributed by atoms with Crippen molar-refractivity contribution in [2.45, 2.75) is 53.0 Å². The summed E-state index contributed by atoms with van der Waals surface area (Å²) in [6.07, 6.45) is 4.04. The number of fused-ring (bicyclic) bond motifs is 1. The molecule has 0 radical (unpaired) electrons. The lowest BCUT2D eigenvalue weighted by Crippen LogP contribution is -2.20. The summed E-state index contributed by atoms with van der Waals surface area (Å²) in [5.41, 5.74) is 4.22.